The summed E-state index contributed by atoms with van der Waals surface area (Å²) in [6.45, 7) is 0. The maximum Gasteiger partial charge on any atom is 0.339 e. The van der Waals surface area contributed by atoms with Gasteiger partial charge in [0, 0.05) is 0 Å². The predicted octanol–water partition coefficient (Wildman–Crippen LogP) is 1.10. The minimum Gasteiger partial charge on any atom is -0.329 e. The first-order valence-corrected chi connectivity index (χ1v) is 5.43. The number of carbonyl (C=O) groups excluding carboxylic acids is 3. The molecule has 3 rings (SSSR count). The first-order chi connectivity index (χ1) is 8.59. The Kier molecular flexibility index (Phi) is 2.19. The van der Waals surface area contributed by atoms with Crippen LogP contribution in [0.3, 0.4) is 0 Å². The summed E-state index contributed by atoms with van der Waals surface area (Å²) in [4.78, 5) is 39.7. The Balaban J connectivity index is 1.82. The smallest absolute Gasteiger partial charge is 0.329 e. The number of rotatable bonds is 2. The van der Waals surface area contributed by atoms with E-state index in [1.54, 1.807) is 12.1 Å². The number of hydroxylamine groups is 2. The zero-order valence-electron chi connectivity index (χ0n) is 9.13. The van der Waals surface area contributed by atoms with Gasteiger partial charge in [-0.3, -0.25) is 9.59 Å². The van der Waals surface area contributed by atoms with E-state index in [9.17, 15) is 18.8 Å². The molecule has 1 heterocycles. The summed E-state index contributed by atoms with van der Waals surface area (Å²) in [6, 6.07) is 6.15. The van der Waals surface area contributed by atoms with Crippen molar-refractivity contribution in [1.29, 1.82) is 0 Å². The lowest BCUT2D eigenvalue weighted by molar-refractivity contribution is -0.170. The Hall–Kier alpha value is -2.24. The molecule has 0 N–H and O–H groups in total. The first-order valence-electron chi connectivity index (χ1n) is 5.43. The number of imide groups is 1. The second-order valence-electron chi connectivity index (χ2n) is 4.22. The molecule has 92 valence electrons. The zero-order chi connectivity index (χ0) is 12.9. The number of amides is 2. The van der Waals surface area contributed by atoms with Crippen LogP contribution in [0.25, 0.3) is 0 Å². The van der Waals surface area contributed by atoms with Gasteiger partial charge in [0.2, 0.25) is 0 Å². The molecule has 0 radical (unpaired) electrons. The van der Waals surface area contributed by atoms with Crippen LogP contribution in [0, 0.1) is 5.92 Å². The Bertz CT molecular complexity index is 536. The SMILES string of the molecule is O=C(ON1C(=O)c2ccccc2C1=O)[C@@H]1C[C@@H]1F. The van der Waals surface area contributed by atoms with Crippen molar-refractivity contribution in [3.63, 3.8) is 0 Å². The topological polar surface area (TPSA) is 63.7 Å². The Morgan fingerprint density at radius 2 is 1.72 bits per heavy atom. The minimum atomic E-state index is -1.23. The van der Waals surface area contributed by atoms with Crippen LogP contribution >= 0.6 is 0 Å². The van der Waals surface area contributed by atoms with E-state index in [0.29, 0.717) is 5.06 Å². The molecule has 0 spiro atoms. The maximum absolute atomic E-state index is 12.7. The van der Waals surface area contributed by atoms with Crippen LogP contribution in [0.1, 0.15) is 27.1 Å². The van der Waals surface area contributed by atoms with Gasteiger partial charge in [-0.2, -0.15) is 0 Å². The average molecular weight is 249 g/mol. The largest absolute Gasteiger partial charge is 0.339 e. The Morgan fingerprint density at radius 3 is 2.17 bits per heavy atom. The Morgan fingerprint density at radius 1 is 1.22 bits per heavy atom. The molecule has 2 amide bonds. The fraction of sp³-hybridized carbons (Fsp3) is 0.250. The molecule has 1 aromatic carbocycles. The molecule has 2 atom stereocenters. The molecule has 1 aliphatic carbocycles. The second kappa shape index (κ2) is 3.63. The van der Waals surface area contributed by atoms with Crippen molar-refractivity contribution in [2.24, 2.45) is 5.92 Å². The molecule has 18 heavy (non-hydrogen) atoms. The number of hydrogen-bond donors (Lipinski definition) is 0. The molecule has 5 nitrogen and oxygen atoms in total. The second-order valence-corrected chi connectivity index (χ2v) is 4.22. The summed E-state index contributed by atoms with van der Waals surface area (Å²) in [7, 11) is 0. The van der Waals surface area contributed by atoms with Gasteiger partial charge < -0.3 is 4.84 Å². The normalized spacial score (nSPS) is 25.1. The van der Waals surface area contributed by atoms with Crippen LogP contribution in [0.5, 0.6) is 0 Å². The van der Waals surface area contributed by atoms with Gasteiger partial charge in [0.15, 0.2) is 0 Å². The van der Waals surface area contributed by atoms with Gasteiger partial charge in [-0.15, -0.1) is 0 Å². The van der Waals surface area contributed by atoms with E-state index in [4.69, 9.17) is 0 Å². The quantitative estimate of drug-likeness (QED) is 0.736. The number of hydrogen-bond acceptors (Lipinski definition) is 4. The molecule has 0 unspecified atom stereocenters. The third-order valence-corrected chi connectivity index (χ3v) is 2.95. The summed E-state index contributed by atoms with van der Waals surface area (Å²) in [6.07, 6.45) is -1.14. The van der Waals surface area contributed by atoms with Crippen molar-refractivity contribution >= 4 is 17.8 Å². The lowest BCUT2D eigenvalue weighted by atomic mass is 10.1. The molecule has 6 heteroatoms. The van der Waals surface area contributed by atoms with Crippen LogP contribution in [-0.2, 0) is 9.63 Å². The van der Waals surface area contributed by atoms with Crippen molar-refractivity contribution in [2.75, 3.05) is 0 Å². The van der Waals surface area contributed by atoms with E-state index in [0.717, 1.165) is 0 Å². The van der Waals surface area contributed by atoms with Crippen LogP contribution in [0.4, 0.5) is 4.39 Å². The van der Waals surface area contributed by atoms with Gasteiger partial charge in [0.05, 0.1) is 17.0 Å². The standard InChI is InChI=1S/C12H8FNO4/c13-9-5-8(9)12(17)18-14-10(15)6-3-1-2-4-7(6)11(14)16/h1-4,8-9H,5H2/t8-,9+/m1/s1. The van der Waals surface area contributed by atoms with Gasteiger partial charge in [0.1, 0.15) is 6.17 Å². The molecule has 1 aliphatic heterocycles. The lowest BCUT2D eigenvalue weighted by Crippen LogP contribution is -2.33. The average Bonchev–Trinajstić information content (AvgIpc) is 3.06. The highest BCUT2D eigenvalue weighted by molar-refractivity contribution is 6.20. The van der Waals surface area contributed by atoms with Gasteiger partial charge in [-0.25, -0.2) is 9.18 Å². The van der Waals surface area contributed by atoms with E-state index in [-0.39, 0.29) is 17.5 Å². The van der Waals surface area contributed by atoms with E-state index < -0.39 is 29.9 Å². The molecule has 1 saturated carbocycles. The van der Waals surface area contributed by atoms with Crippen molar-refractivity contribution in [2.45, 2.75) is 12.6 Å². The summed E-state index contributed by atoms with van der Waals surface area (Å²) in [5, 5.41) is 0.401. The molecule has 2 aliphatic rings. The summed E-state index contributed by atoms with van der Waals surface area (Å²) < 4.78 is 12.7. The van der Waals surface area contributed by atoms with Crippen LogP contribution in [-0.4, -0.2) is 29.0 Å². The molecule has 0 saturated heterocycles. The molecular weight excluding hydrogens is 241 g/mol. The summed E-state index contributed by atoms with van der Waals surface area (Å²) >= 11 is 0. The first kappa shape index (κ1) is 10.9. The monoisotopic (exact) mass is 249 g/mol. The predicted molar refractivity (Wildman–Crippen MR) is 56.0 cm³/mol. The highest BCUT2D eigenvalue weighted by Gasteiger charge is 2.48. The Labute approximate surface area is 101 Å². The van der Waals surface area contributed by atoms with Gasteiger partial charge in [-0.05, 0) is 18.6 Å². The summed E-state index contributed by atoms with van der Waals surface area (Å²) in [5.74, 6) is -3.12. The van der Waals surface area contributed by atoms with Crippen molar-refractivity contribution in [3.05, 3.63) is 35.4 Å². The fourth-order valence-electron chi connectivity index (χ4n) is 1.82. The molecule has 1 fully saturated rings. The van der Waals surface area contributed by atoms with Gasteiger partial charge in [-0.1, -0.05) is 17.2 Å². The van der Waals surface area contributed by atoms with Crippen LogP contribution in [0.15, 0.2) is 24.3 Å². The summed E-state index contributed by atoms with van der Waals surface area (Å²) in [5.41, 5.74) is 0.366. The highest BCUT2D eigenvalue weighted by atomic mass is 19.1. The molecule has 0 bridgehead atoms. The lowest BCUT2D eigenvalue weighted by Gasteiger charge is -2.11. The zero-order valence-corrected chi connectivity index (χ0v) is 9.13. The number of fused-ring (bicyclic) bond motifs is 1. The van der Waals surface area contributed by atoms with Gasteiger partial charge in [0.25, 0.3) is 11.8 Å². The van der Waals surface area contributed by atoms with Crippen LogP contribution in [0.2, 0.25) is 0 Å². The third kappa shape index (κ3) is 1.49. The highest BCUT2D eigenvalue weighted by Crippen LogP contribution is 2.35. The molecule has 0 aromatic heterocycles. The van der Waals surface area contributed by atoms with E-state index in [1.807, 2.05) is 0 Å². The number of halogens is 1. The van der Waals surface area contributed by atoms with Crippen molar-refractivity contribution in [3.8, 4) is 0 Å². The van der Waals surface area contributed by atoms with Crippen molar-refractivity contribution in [1.82, 2.24) is 5.06 Å². The van der Waals surface area contributed by atoms with E-state index in [2.05, 4.69) is 4.84 Å². The van der Waals surface area contributed by atoms with Crippen LogP contribution < -0.4 is 0 Å². The molecular formula is C12H8FNO4. The number of benzene rings is 1. The number of nitrogens with zero attached hydrogens (tertiary/aromatic N) is 1. The van der Waals surface area contributed by atoms with Gasteiger partial charge >= 0.3 is 5.97 Å². The van der Waals surface area contributed by atoms with Crippen molar-refractivity contribution < 1.29 is 23.6 Å². The minimum absolute atomic E-state index is 0.0853. The number of alkyl halides is 1. The maximum atomic E-state index is 12.7. The number of carbonyl (C=O) groups is 3. The van der Waals surface area contributed by atoms with E-state index in [1.165, 1.54) is 12.1 Å². The molecule has 1 aromatic rings. The fourth-order valence-corrected chi connectivity index (χ4v) is 1.82. The van der Waals surface area contributed by atoms with E-state index >= 15 is 0 Å². The third-order valence-electron chi connectivity index (χ3n) is 2.95.